The largest absolute Gasteiger partial charge is 0.481 e. The van der Waals surface area contributed by atoms with Crippen molar-refractivity contribution in [2.45, 2.75) is 39.5 Å². The minimum absolute atomic E-state index is 0.0351. The molecular formula is C12H19N3O3. The molecule has 0 saturated carbocycles. The average molecular weight is 253 g/mol. The van der Waals surface area contributed by atoms with Crippen molar-refractivity contribution in [2.24, 2.45) is 0 Å². The lowest BCUT2D eigenvalue weighted by Gasteiger charge is -2.05. The molecule has 0 radical (unpaired) electrons. The Balaban J connectivity index is 2.21. The van der Waals surface area contributed by atoms with Crippen LogP contribution in [0.1, 0.15) is 36.2 Å². The summed E-state index contributed by atoms with van der Waals surface area (Å²) in [4.78, 5) is 21.7. The highest BCUT2D eigenvalue weighted by molar-refractivity contribution is 5.76. The number of hydrogen-bond acceptors (Lipinski definition) is 3. The average Bonchev–Trinajstić information content (AvgIpc) is 2.60. The second-order valence-electron chi connectivity index (χ2n) is 4.26. The third kappa shape index (κ3) is 4.57. The van der Waals surface area contributed by atoms with Crippen molar-refractivity contribution in [1.82, 2.24) is 15.5 Å². The Bertz CT molecular complexity index is 407. The van der Waals surface area contributed by atoms with E-state index in [1.54, 1.807) is 0 Å². The lowest BCUT2D eigenvalue weighted by Crippen LogP contribution is -2.25. The van der Waals surface area contributed by atoms with Gasteiger partial charge in [0.1, 0.15) is 0 Å². The number of carbonyl (C=O) groups excluding carboxylic acids is 1. The number of carbonyl (C=O) groups is 2. The molecule has 0 aliphatic heterocycles. The zero-order valence-corrected chi connectivity index (χ0v) is 10.7. The van der Waals surface area contributed by atoms with Gasteiger partial charge in [-0.2, -0.15) is 5.10 Å². The Hall–Kier alpha value is -1.85. The summed E-state index contributed by atoms with van der Waals surface area (Å²) in [6.07, 6.45) is 1.41. The van der Waals surface area contributed by atoms with Crippen LogP contribution in [0.25, 0.3) is 0 Å². The van der Waals surface area contributed by atoms with E-state index in [1.807, 2.05) is 13.8 Å². The fourth-order valence-electron chi connectivity index (χ4n) is 1.76. The predicted molar refractivity (Wildman–Crippen MR) is 66.3 cm³/mol. The summed E-state index contributed by atoms with van der Waals surface area (Å²) in [5.41, 5.74) is 3.10. The van der Waals surface area contributed by atoms with E-state index in [1.165, 1.54) is 0 Å². The van der Waals surface area contributed by atoms with Crippen LogP contribution in [0.4, 0.5) is 0 Å². The van der Waals surface area contributed by atoms with Crippen LogP contribution in [0.2, 0.25) is 0 Å². The van der Waals surface area contributed by atoms with E-state index < -0.39 is 5.97 Å². The van der Waals surface area contributed by atoms with Crippen molar-refractivity contribution in [3.8, 4) is 0 Å². The Morgan fingerprint density at radius 1 is 1.33 bits per heavy atom. The topological polar surface area (TPSA) is 95.1 Å². The van der Waals surface area contributed by atoms with Gasteiger partial charge in [-0.25, -0.2) is 0 Å². The van der Waals surface area contributed by atoms with Crippen molar-refractivity contribution in [2.75, 3.05) is 6.54 Å². The predicted octanol–water partition coefficient (Wildman–Crippen LogP) is 0.940. The number of aromatic amines is 1. The molecule has 0 spiro atoms. The molecule has 1 rings (SSSR count). The van der Waals surface area contributed by atoms with Crippen LogP contribution < -0.4 is 5.32 Å². The van der Waals surface area contributed by atoms with Gasteiger partial charge in [0.05, 0.1) is 5.69 Å². The number of amides is 1. The molecule has 18 heavy (non-hydrogen) atoms. The van der Waals surface area contributed by atoms with Gasteiger partial charge >= 0.3 is 5.97 Å². The van der Waals surface area contributed by atoms with Crippen molar-refractivity contribution >= 4 is 11.9 Å². The zero-order chi connectivity index (χ0) is 13.5. The van der Waals surface area contributed by atoms with Crippen molar-refractivity contribution < 1.29 is 14.7 Å². The number of rotatable bonds is 7. The first-order valence-electron chi connectivity index (χ1n) is 5.99. The highest BCUT2D eigenvalue weighted by Gasteiger charge is 2.07. The van der Waals surface area contributed by atoms with Gasteiger partial charge < -0.3 is 10.4 Å². The van der Waals surface area contributed by atoms with E-state index in [4.69, 9.17) is 5.11 Å². The summed E-state index contributed by atoms with van der Waals surface area (Å²) in [5.74, 6) is -0.970. The molecular weight excluding hydrogens is 234 g/mol. The van der Waals surface area contributed by atoms with Gasteiger partial charge in [0.2, 0.25) is 5.91 Å². The number of nitrogens with zero attached hydrogens (tertiary/aromatic N) is 1. The fraction of sp³-hybridized carbons (Fsp3) is 0.583. The van der Waals surface area contributed by atoms with E-state index in [2.05, 4.69) is 15.5 Å². The third-order valence-electron chi connectivity index (χ3n) is 2.77. The van der Waals surface area contributed by atoms with Gasteiger partial charge in [-0.1, -0.05) is 0 Å². The molecule has 0 atom stereocenters. The molecule has 0 aromatic carbocycles. The molecule has 0 aliphatic rings. The number of aryl methyl sites for hydroxylation is 2. The van der Waals surface area contributed by atoms with Crippen molar-refractivity contribution in [3.63, 3.8) is 0 Å². The minimum atomic E-state index is -0.868. The quantitative estimate of drug-likeness (QED) is 0.674. The van der Waals surface area contributed by atoms with Gasteiger partial charge in [-0.3, -0.25) is 14.7 Å². The Kier molecular flexibility index (Phi) is 5.35. The van der Waals surface area contributed by atoms with E-state index in [0.29, 0.717) is 13.0 Å². The summed E-state index contributed by atoms with van der Waals surface area (Å²) in [5, 5.41) is 18.2. The summed E-state index contributed by atoms with van der Waals surface area (Å²) in [6, 6.07) is 0. The summed E-state index contributed by atoms with van der Waals surface area (Å²) in [6.45, 7) is 4.42. The van der Waals surface area contributed by atoms with Crippen LogP contribution in [0.15, 0.2) is 0 Å². The first-order chi connectivity index (χ1) is 8.50. The minimum Gasteiger partial charge on any atom is -0.481 e. The zero-order valence-electron chi connectivity index (χ0n) is 10.7. The number of hydrogen-bond donors (Lipinski definition) is 3. The molecule has 0 bridgehead atoms. The molecule has 1 heterocycles. The molecule has 0 unspecified atom stereocenters. The first-order valence-corrected chi connectivity index (χ1v) is 5.99. The number of aromatic nitrogens is 2. The van der Waals surface area contributed by atoms with Gasteiger partial charge in [0, 0.05) is 25.1 Å². The molecule has 0 aliphatic carbocycles. The van der Waals surface area contributed by atoms with E-state index >= 15 is 0 Å². The summed E-state index contributed by atoms with van der Waals surface area (Å²) in [7, 11) is 0. The third-order valence-corrected chi connectivity index (χ3v) is 2.77. The number of aliphatic carboxylic acids is 1. The Labute approximate surface area is 106 Å². The van der Waals surface area contributed by atoms with Crippen molar-refractivity contribution in [1.29, 1.82) is 0 Å². The Morgan fingerprint density at radius 2 is 2.06 bits per heavy atom. The van der Waals surface area contributed by atoms with Crippen LogP contribution in [0.5, 0.6) is 0 Å². The second kappa shape index (κ2) is 6.78. The highest BCUT2D eigenvalue weighted by Crippen LogP contribution is 2.09. The molecule has 1 amide bonds. The van der Waals surface area contributed by atoms with Crippen LogP contribution in [0.3, 0.4) is 0 Å². The molecule has 6 nitrogen and oxygen atoms in total. The van der Waals surface area contributed by atoms with E-state index in [-0.39, 0.29) is 18.7 Å². The molecule has 0 saturated heterocycles. The van der Waals surface area contributed by atoms with Crippen LogP contribution >= 0.6 is 0 Å². The SMILES string of the molecule is Cc1n[nH]c(C)c1CCNC(=O)CCCC(=O)O. The second-order valence-corrected chi connectivity index (χ2v) is 4.26. The van der Waals surface area contributed by atoms with Gasteiger partial charge in [0.15, 0.2) is 0 Å². The molecule has 1 aromatic rings. The lowest BCUT2D eigenvalue weighted by molar-refractivity contribution is -0.137. The summed E-state index contributed by atoms with van der Waals surface area (Å²) >= 11 is 0. The summed E-state index contributed by atoms with van der Waals surface area (Å²) < 4.78 is 0. The normalized spacial score (nSPS) is 10.3. The number of carboxylic acid groups (broad SMARTS) is 1. The lowest BCUT2D eigenvalue weighted by atomic mass is 10.1. The number of H-pyrrole nitrogens is 1. The Morgan fingerprint density at radius 3 is 2.61 bits per heavy atom. The van der Waals surface area contributed by atoms with Crippen LogP contribution in [0, 0.1) is 13.8 Å². The van der Waals surface area contributed by atoms with Gasteiger partial charge in [0.25, 0.3) is 0 Å². The van der Waals surface area contributed by atoms with Gasteiger partial charge in [-0.05, 0) is 32.3 Å². The smallest absolute Gasteiger partial charge is 0.303 e. The molecule has 1 aromatic heterocycles. The molecule has 6 heteroatoms. The fourth-order valence-corrected chi connectivity index (χ4v) is 1.76. The first kappa shape index (κ1) is 14.2. The standard InChI is InChI=1S/C12H19N3O3/c1-8-10(9(2)15-14-8)6-7-13-11(16)4-3-5-12(17)18/h3-7H2,1-2H3,(H,13,16)(H,14,15)(H,17,18). The maximum absolute atomic E-state index is 11.4. The maximum Gasteiger partial charge on any atom is 0.303 e. The van der Waals surface area contributed by atoms with E-state index in [9.17, 15) is 9.59 Å². The van der Waals surface area contributed by atoms with E-state index in [0.717, 1.165) is 23.4 Å². The maximum atomic E-state index is 11.4. The monoisotopic (exact) mass is 253 g/mol. The van der Waals surface area contributed by atoms with Crippen LogP contribution in [-0.2, 0) is 16.0 Å². The molecule has 100 valence electrons. The van der Waals surface area contributed by atoms with Gasteiger partial charge in [-0.15, -0.1) is 0 Å². The highest BCUT2D eigenvalue weighted by atomic mass is 16.4. The number of nitrogens with one attached hydrogen (secondary N) is 2. The molecule has 0 fully saturated rings. The number of carboxylic acids is 1. The van der Waals surface area contributed by atoms with Crippen LogP contribution in [-0.4, -0.2) is 33.7 Å². The molecule has 3 N–H and O–H groups in total. The van der Waals surface area contributed by atoms with Crippen molar-refractivity contribution in [3.05, 3.63) is 17.0 Å².